The Bertz CT molecular complexity index is 662. The van der Waals surface area contributed by atoms with Crippen LogP contribution in [0.3, 0.4) is 0 Å². The summed E-state index contributed by atoms with van der Waals surface area (Å²) in [5, 5.41) is 0. The minimum absolute atomic E-state index is 0.291. The van der Waals surface area contributed by atoms with E-state index in [0.29, 0.717) is 4.21 Å². The Morgan fingerprint density at radius 1 is 1.16 bits per heavy atom. The van der Waals surface area contributed by atoms with Crippen LogP contribution in [-0.4, -0.2) is 8.42 Å². The lowest BCUT2D eigenvalue weighted by atomic mass is 10.1. The quantitative estimate of drug-likeness (QED) is 0.942. The van der Waals surface area contributed by atoms with Gasteiger partial charge in [-0.25, -0.2) is 17.5 Å². The molecule has 0 bridgehead atoms. The molecule has 0 radical (unpaired) electrons. The van der Waals surface area contributed by atoms with Crippen molar-refractivity contribution in [1.29, 1.82) is 0 Å². The van der Waals surface area contributed by atoms with Crippen LogP contribution in [0.25, 0.3) is 0 Å². The number of hydrogen-bond donors (Lipinski definition) is 1. The summed E-state index contributed by atoms with van der Waals surface area (Å²) in [6.07, 6.45) is 0. The van der Waals surface area contributed by atoms with Crippen molar-refractivity contribution in [2.24, 2.45) is 0 Å². The maximum absolute atomic E-state index is 12.8. The molecule has 0 fully saturated rings. The fourth-order valence-electron chi connectivity index (χ4n) is 1.67. The van der Waals surface area contributed by atoms with Gasteiger partial charge in [0.15, 0.2) is 0 Å². The van der Waals surface area contributed by atoms with Crippen LogP contribution in [0.5, 0.6) is 0 Å². The number of nitrogens with one attached hydrogen (secondary N) is 1. The number of thiophene rings is 1. The molecule has 0 saturated heterocycles. The molecule has 1 unspecified atom stereocenters. The average Bonchev–Trinajstić information content (AvgIpc) is 2.77. The minimum atomic E-state index is -3.52. The highest BCUT2D eigenvalue weighted by molar-refractivity contribution is 7.91. The van der Waals surface area contributed by atoms with Crippen LogP contribution in [-0.2, 0) is 10.0 Å². The molecule has 0 saturated carbocycles. The Morgan fingerprint density at radius 2 is 1.79 bits per heavy atom. The van der Waals surface area contributed by atoms with Crippen LogP contribution in [0, 0.1) is 12.7 Å². The lowest BCUT2D eigenvalue weighted by Gasteiger charge is -2.13. The molecule has 1 heterocycles. The fraction of sp³-hybridized carbons (Fsp3) is 0.231. The van der Waals surface area contributed by atoms with Gasteiger partial charge in [-0.2, -0.15) is 0 Å². The van der Waals surface area contributed by atoms with Gasteiger partial charge in [-0.1, -0.05) is 12.1 Å². The molecule has 1 atom stereocenters. The second-order valence-electron chi connectivity index (χ2n) is 4.26. The summed E-state index contributed by atoms with van der Waals surface area (Å²) in [6, 6.07) is 8.71. The first-order valence-electron chi connectivity index (χ1n) is 5.73. The standard InChI is InChI=1S/C13H14FNO2S2/c1-9-3-8-13(18-9)19(16,17)15-10(2)11-4-6-12(14)7-5-11/h3-8,10,15H,1-2H3. The minimum Gasteiger partial charge on any atom is -0.207 e. The first kappa shape index (κ1) is 14.2. The highest BCUT2D eigenvalue weighted by Crippen LogP contribution is 2.23. The third kappa shape index (κ3) is 3.40. The van der Waals surface area contributed by atoms with Gasteiger partial charge in [-0.15, -0.1) is 11.3 Å². The molecule has 19 heavy (non-hydrogen) atoms. The van der Waals surface area contributed by atoms with E-state index < -0.39 is 16.1 Å². The van der Waals surface area contributed by atoms with Crippen molar-refractivity contribution in [3.63, 3.8) is 0 Å². The van der Waals surface area contributed by atoms with E-state index in [9.17, 15) is 12.8 Å². The van der Waals surface area contributed by atoms with Crippen molar-refractivity contribution in [1.82, 2.24) is 4.72 Å². The van der Waals surface area contributed by atoms with Gasteiger partial charge >= 0.3 is 0 Å². The molecule has 2 aromatic rings. The molecule has 0 aliphatic heterocycles. The lowest BCUT2D eigenvalue weighted by molar-refractivity contribution is 0.568. The SMILES string of the molecule is Cc1ccc(S(=O)(=O)NC(C)c2ccc(F)cc2)s1. The van der Waals surface area contributed by atoms with Gasteiger partial charge in [0.1, 0.15) is 10.0 Å². The topological polar surface area (TPSA) is 46.2 Å². The molecule has 6 heteroatoms. The molecule has 1 aromatic heterocycles. The molecule has 2 rings (SSSR count). The van der Waals surface area contributed by atoms with Crippen molar-refractivity contribution in [3.05, 3.63) is 52.7 Å². The molecular formula is C13H14FNO2S2. The Labute approximate surface area is 116 Å². The second kappa shape index (κ2) is 5.40. The van der Waals surface area contributed by atoms with Crippen molar-refractivity contribution in [2.45, 2.75) is 24.1 Å². The molecule has 1 aromatic carbocycles. The molecule has 3 nitrogen and oxygen atoms in total. The number of aryl methyl sites for hydroxylation is 1. The molecule has 0 aliphatic rings. The van der Waals surface area contributed by atoms with Gasteiger partial charge in [-0.3, -0.25) is 0 Å². The van der Waals surface area contributed by atoms with Crippen LogP contribution in [0.4, 0.5) is 4.39 Å². The lowest BCUT2D eigenvalue weighted by Crippen LogP contribution is -2.26. The summed E-state index contributed by atoms with van der Waals surface area (Å²) in [5.74, 6) is -0.340. The van der Waals surface area contributed by atoms with Crippen LogP contribution in [0.1, 0.15) is 23.4 Å². The van der Waals surface area contributed by atoms with E-state index in [1.165, 1.54) is 23.5 Å². The summed E-state index contributed by atoms with van der Waals surface area (Å²) in [7, 11) is -3.52. The largest absolute Gasteiger partial charge is 0.250 e. The molecule has 0 aliphatic carbocycles. The Hall–Kier alpha value is -1.24. The van der Waals surface area contributed by atoms with Gasteiger partial charge in [0, 0.05) is 10.9 Å². The highest BCUT2D eigenvalue weighted by atomic mass is 32.2. The molecular weight excluding hydrogens is 285 g/mol. The third-order valence-electron chi connectivity index (χ3n) is 2.68. The van der Waals surface area contributed by atoms with E-state index in [4.69, 9.17) is 0 Å². The zero-order valence-electron chi connectivity index (χ0n) is 10.6. The average molecular weight is 299 g/mol. The molecule has 0 amide bonds. The van der Waals surface area contributed by atoms with E-state index in [-0.39, 0.29) is 5.82 Å². The first-order chi connectivity index (χ1) is 8.88. The monoisotopic (exact) mass is 299 g/mol. The fourth-order valence-corrected chi connectivity index (χ4v) is 4.20. The van der Waals surface area contributed by atoms with Crippen molar-refractivity contribution >= 4 is 21.4 Å². The number of rotatable bonds is 4. The first-order valence-corrected chi connectivity index (χ1v) is 8.03. The van der Waals surface area contributed by atoms with Crippen LogP contribution < -0.4 is 4.72 Å². The van der Waals surface area contributed by atoms with E-state index in [0.717, 1.165) is 10.4 Å². The molecule has 1 N–H and O–H groups in total. The zero-order chi connectivity index (χ0) is 14.0. The molecule has 102 valence electrons. The van der Waals surface area contributed by atoms with Crippen LogP contribution >= 0.6 is 11.3 Å². The summed E-state index contributed by atoms with van der Waals surface area (Å²) < 4.78 is 39.9. The van der Waals surface area contributed by atoms with Crippen LogP contribution in [0.2, 0.25) is 0 Å². The third-order valence-corrected chi connectivity index (χ3v) is 5.72. The predicted molar refractivity (Wildman–Crippen MR) is 74.2 cm³/mol. The maximum atomic E-state index is 12.8. The highest BCUT2D eigenvalue weighted by Gasteiger charge is 2.19. The number of halogens is 1. The summed E-state index contributed by atoms with van der Waals surface area (Å²) in [5.41, 5.74) is 0.721. The van der Waals surface area contributed by atoms with Gasteiger partial charge < -0.3 is 0 Å². The van der Waals surface area contributed by atoms with Gasteiger partial charge in [-0.05, 0) is 43.7 Å². The van der Waals surface area contributed by atoms with E-state index in [2.05, 4.69) is 4.72 Å². The Morgan fingerprint density at radius 3 is 2.32 bits per heavy atom. The van der Waals surface area contributed by atoms with E-state index in [1.54, 1.807) is 31.2 Å². The predicted octanol–water partition coefficient (Wildman–Crippen LogP) is 3.24. The van der Waals surface area contributed by atoms with E-state index in [1.807, 2.05) is 6.92 Å². The van der Waals surface area contributed by atoms with Crippen molar-refractivity contribution < 1.29 is 12.8 Å². The van der Waals surface area contributed by atoms with Crippen molar-refractivity contribution in [3.8, 4) is 0 Å². The summed E-state index contributed by atoms with van der Waals surface area (Å²) >= 11 is 1.22. The van der Waals surface area contributed by atoms with Gasteiger partial charge in [0.25, 0.3) is 10.0 Å². The van der Waals surface area contributed by atoms with Gasteiger partial charge in [0.05, 0.1) is 0 Å². The maximum Gasteiger partial charge on any atom is 0.250 e. The van der Waals surface area contributed by atoms with Crippen molar-refractivity contribution in [2.75, 3.05) is 0 Å². The number of hydrogen-bond acceptors (Lipinski definition) is 3. The van der Waals surface area contributed by atoms with Crippen LogP contribution in [0.15, 0.2) is 40.6 Å². The summed E-state index contributed by atoms with van der Waals surface area (Å²) in [6.45, 7) is 3.58. The number of benzene rings is 1. The Balaban J connectivity index is 2.18. The summed E-state index contributed by atoms with van der Waals surface area (Å²) in [4.78, 5) is 0.940. The smallest absolute Gasteiger partial charge is 0.207 e. The normalized spacial score (nSPS) is 13.4. The number of sulfonamides is 1. The zero-order valence-corrected chi connectivity index (χ0v) is 12.2. The second-order valence-corrected chi connectivity index (χ2v) is 7.49. The van der Waals surface area contributed by atoms with Gasteiger partial charge in [0.2, 0.25) is 0 Å². The molecule has 0 spiro atoms. The Kier molecular flexibility index (Phi) is 4.03. The van der Waals surface area contributed by atoms with E-state index >= 15 is 0 Å².